The Hall–Kier alpha value is -1.85. The molecule has 0 saturated carbocycles. The summed E-state index contributed by atoms with van der Waals surface area (Å²) in [6, 6.07) is 7.53. The Kier molecular flexibility index (Phi) is 3.69. The Balaban J connectivity index is 1.94. The first-order valence-electron chi connectivity index (χ1n) is 6.29. The highest BCUT2D eigenvalue weighted by molar-refractivity contribution is 6.45. The monoisotopic (exact) mass is 322 g/mol. The number of halogens is 2. The molecular weight excluding hydrogens is 311 g/mol. The topological polar surface area (TPSA) is 55.1 Å². The maximum Gasteiger partial charge on any atom is 0.223 e. The first kappa shape index (κ1) is 14.1. The number of aryl methyl sites for hydroxylation is 1. The minimum atomic E-state index is 0.458. The van der Waals surface area contributed by atoms with Crippen LogP contribution in [0.15, 0.2) is 28.8 Å². The summed E-state index contributed by atoms with van der Waals surface area (Å²) in [5, 5.41) is 5.76. The molecule has 0 aliphatic rings. The lowest BCUT2D eigenvalue weighted by molar-refractivity contribution is 0.387. The molecule has 0 aliphatic carbocycles. The van der Waals surface area contributed by atoms with Crippen LogP contribution in [0.1, 0.15) is 11.7 Å². The molecule has 0 N–H and O–H groups in total. The summed E-state index contributed by atoms with van der Waals surface area (Å²) in [4.78, 5) is 10.7. The van der Waals surface area contributed by atoms with Gasteiger partial charge in [-0.25, -0.2) is 4.98 Å². The van der Waals surface area contributed by atoms with Crippen LogP contribution < -0.4 is 4.90 Å². The molecule has 0 fully saturated rings. The van der Waals surface area contributed by atoms with Gasteiger partial charge >= 0.3 is 0 Å². The van der Waals surface area contributed by atoms with E-state index >= 15 is 0 Å². The van der Waals surface area contributed by atoms with Crippen LogP contribution in [0.25, 0.3) is 10.9 Å². The number of rotatable bonds is 3. The quantitative estimate of drug-likeness (QED) is 0.732. The molecule has 5 nitrogen and oxygen atoms in total. The molecule has 21 heavy (non-hydrogen) atoms. The molecule has 3 aromatic rings. The van der Waals surface area contributed by atoms with Crippen LogP contribution in [-0.4, -0.2) is 22.2 Å². The van der Waals surface area contributed by atoms with Gasteiger partial charge in [0, 0.05) is 19.4 Å². The Bertz CT molecular complexity index is 803. The van der Waals surface area contributed by atoms with E-state index in [0.29, 0.717) is 33.8 Å². The molecule has 0 radical (unpaired) electrons. The Morgan fingerprint density at radius 1 is 1.14 bits per heavy atom. The van der Waals surface area contributed by atoms with Gasteiger partial charge in [0.25, 0.3) is 0 Å². The van der Waals surface area contributed by atoms with E-state index in [4.69, 9.17) is 27.7 Å². The van der Waals surface area contributed by atoms with Crippen molar-refractivity contribution in [1.82, 2.24) is 15.1 Å². The molecule has 0 amide bonds. The largest absolute Gasteiger partial charge is 0.352 e. The van der Waals surface area contributed by atoms with Gasteiger partial charge in [-0.2, -0.15) is 4.98 Å². The van der Waals surface area contributed by atoms with Crippen LogP contribution in [0.4, 0.5) is 5.82 Å². The SMILES string of the molecule is Cc1nc(CN(C)c2ccc3ccc(Cl)c(Cl)c3n2)no1. The number of anilines is 1. The van der Waals surface area contributed by atoms with Gasteiger partial charge in [-0.05, 0) is 18.2 Å². The van der Waals surface area contributed by atoms with Crippen molar-refractivity contribution in [3.8, 4) is 0 Å². The van der Waals surface area contributed by atoms with E-state index in [0.717, 1.165) is 11.2 Å². The highest BCUT2D eigenvalue weighted by Crippen LogP contribution is 2.30. The molecule has 2 aromatic heterocycles. The third-order valence-electron chi connectivity index (χ3n) is 3.08. The number of hydrogen-bond donors (Lipinski definition) is 0. The van der Waals surface area contributed by atoms with E-state index in [9.17, 15) is 0 Å². The number of aromatic nitrogens is 3. The van der Waals surface area contributed by atoms with Gasteiger partial charge in [0.1, 0.15) is 5.82 Å². The van der Waals surface area contributed by atoms with Crippen LogP contribution in [-0.2, 0) is 6.54 Å². The van der Waals surface area contributed by atoms with E-state index in [1.165, 1.54) is 0 Å². The highest BCUT2D eigenvalue weighted by atomic mass is 35.5. The smallest absolute Gasteiger partial charge is 0.223 e. The zero-order valence-electron chi connectivity index (χ0n) is 11.5. The molecule has 0 aliphatic heterocycles. The lowest BCUT2D eigenvalue weighted by atomic mass is 10.2. The predicted molar refractivity (Wildman–Crippen MR) is 82.9 cm³/mol. The molecule has 0 saturated heterocycles. The average Bonchev–Trinajstić information content (AvgIpc) is 2.88. The summed E-state index contributed by atoms with van der Waals surface area (Å²) < 4.78 is 4.96. The first-order chi connectivity index (χ1) is 10.0. The molecule has 0 unspecified atom stereocenters. The number of nitrogens with zero attached hydrogens (tertiary/aromatic N) is 4. The van der Waals surface area contributed by atoms with Crippen molar-refractivity contribution in [3.05, 3.63) is 46.0 Å². The normalized spacial score (nSPS) is 11.0. The van der Waals surface area contributed by atoms with Gasteiger partial charge < -0.3 is 9.42 Å². The Morgan fingerprint density at radius 2 is 1.90 bits per heavy atom. The maximum atomic E-state index is 6.21. The van der Waals surface area contributed by atoms with Crippen molar-refractivity contribution in [2.45, 2.75) is 13.5 Å². The Morgan fingerprint density at radius 3 is 2.62 bits per heavy atom. The van der Waals surface area contributed by atoms with Gasteiger partial charge in [0.05, 0.1) is 22.1 Å². The van der Waals surface area contributed by atoms with Crippen molar-refractivity contribution < 1.29 is 4.52 Å². The molecular formula is C14H12Cl2N4O. The van der Waals surface area contributed by atoms with Crippen molar-refractivity contribution in [2.75, 3.05) is 11.9 Å². The molecule has 0 spiro atoms. The summed E-state index contributed by atoms with van der Waals surface area (Å²) in [5.41, 5.74) is 0.679. The van der Waals surface area contributed by atoms with Gasteiger partial charge in [0.15, 0.2) is 5.82 Å². The summed E-state index contributed by atoms with van der Waals surface area (Å²) in [6.07, 6.45) is 0. The van der Waals surface area contributed by atoms with Crippen LogP contribution in [0.3, 0.4) is 0 Å². The number of hydrogen-bond acceptors (Lipinski definition) is 5. The first-order valence-corrected chi connectivity index (χ1v) is 7.05. The van der Waals surface area contributed by atoms with Gasteiger partial charge in [-0.15, -0.1) is 0 Å². The number of pyridine rings is 1. The zero-order valence-corrected chi connectivity index (χ0v) is 13.0. The van der Waals surface area contributed by atoms with E-state index in [-0.39, 0.29) is 0 Å². The third-order valence-corrected chi connectivity index (χ3v) is 3.87. The zero-order chi connectivity index (χ0) is 15.0. The molecule has 0 bridgehead atoms. The second-order valence-electron chi connectivity index (χ2n) is 4.69. The standard InChI is InChI=1S/C14H12Cl2N4O/c1-8-17-11(19-21-8)7-20(2)12-6-4-9-3-5-10(15)13(16)14(9)18-12/h3-6H,7H2,1-2H3. The maximum absolute atomic E-state index is 6.21. The summed E-state index contributed by atoms with van der Waals surface area (Å²) in [6.45, 7) is 2.25. The van der Waals surface area contributed by atoms with Crippen LogP contribution in [0.2, 0.25) is 10.0 Å². The molecule has 108 valence electrons. The lowest BCUT2D eigenvalue weighted by Gasteiger charge is -2.16. The van der Waals surface area contributed by atoms with Crippen molar-refractivity contribution in [1.29, 1.82) is 0 Å². The molecule has 0 atom stereocenters. The molecule has 3 rings (SSSR count). The van der Waals surface area contributed by atoms with Gasteiger partial charge in [0.2, 0.25) is 5.89 Å². The van der Waals surface area contributed by atoms with E-state index in [1.54, 1.807) is 13.0 Å². The second kappa shape index (κ2) is 5.50. The Labute approximate surface area is 131 Å². The molecule has 7 heteroatoms. The second-order valence-corrected chi connectivity index (χ2v) is 5.47. The summed E-state index contributed by atoms with van der Waals surface area (Å²) in [5.74, 6) is 1.91. The van der Waals surface area contributed by atoms with Gasteiger partial charge in [-0.3, -0.25) is 0 Å². The fraction of sp³-hybridized carbons (Fsp3) is 0.214. The summed E-state index contributed by atoms with van der Waals surface area (Å²) >= 11 is 12.2. The van der Waals surface area contributed by atoms with Crippen LogP contribution >= 0.6 is 23.2 Å². The molecule has 1 aromatic carbocycles. The number of benzene rings is 1. The van der Waals surface area contributed by atoms with Crippen LogP contribution in [0.5, 0.6) is 0 Å². The average molecular weight is 323 g/mol. The van der Waals surface area contributed by atoms with E-state index in [1.807, 2.05) is 30.1 Å². The van der Waals surface area contributed by atoms with Crippen molar-refractivity contribution >= 4 is 39.9 Å². The fourth-order valence-electron chi connectivity index (χ4n) is 2.03. The van der Waals surface area contributed by atoms with Gasteiger partial charge in [-0.1, -0.05) is 34.4 Å². The van der Waals surface area contributed by atoms with Crippen molar-refractivity contribution in [2.24, 2.45) is 0 Å². The third kappa shape index (κ3) is 2.80. The van der Waals surface area contributed by atoms with E-state index in [2.05, 4.69) is 15.1 Å². The van der Waals surface area contributed by atoms with E-state index < -0.39 is 0 Å². The molecule has 2 heterocycles. The lowest BCUT2D eigenvalue weighted by Crippen LogP contribution is -2.18. The summed E-state index contributed by atoms with van der Waals surface area (Å²) in [7, 11) is 1.90. The number of fused-ring (bicyclic) bond motifs is 1. The highest BCUT2D eigenvalue weighted by Gasteiger charge is 2.11. The minimum absolute atomic E-state index is 0.458. The van der Waals surface area contributed by atoms with Crippen LogP contribution in [0, 0.1) is 6.92 Å². The van der Waals surface area contributed by atoms with Crippen molar-refractivity contribution in [3.63, 3.8) is 0 Å². The predicted octanol–water partition coefficient (Wildman–Crippen LogP) is 3.87. The fourth-order valence-corrected chi connectivity index (χ4v) is 2.40. The minimum Gasteiger partial charge on any atom is -0.352 e.